The molecule has 0 bridgehead atoms. The molecule has 0 aliphatic rings. The van der Waals surface area contributed by atoms with E-state index in [1.807, 2.05) is 66.2 Å². The second-order valence-corrected chi connectivity index (χ2v) is 8.40. The number of hydrogen-bond donors (Lipinski definition) is 0. The molecule has 8 heteroatoms. The first kappa shape index (κ1) is 23.0. The molecule has 0 unspecified atom stereocenters. The Morgan fingerprint density at radius 2 is 2.06 bits per heavy atom. The summed E-state index contributed by atoms with van der Waals surface area (Å²) in [6, 6.07) is 13.6. The van der Waals surface area contributed by atoms with Crippen molar-refractivity contribution in [3.8, 4) is 0 Å². The molecular formula is C23H22Cl2N4OS. The fraction of sp³-hybridized carbons (Fsp3) is 0.174. The molecule has 0 N–H and O–H groups in total. The molecule has 0 aliphatic carbocycles. The fourth-order valence-corrected chi connectivity index (χ4v) is 4.66. The molecule has 5 nitrogen and oxygen atoms in total. The van der Waals surface area contributed by atoms with E-state index in [4.69, 9.17) is 16.6 Å². The van der Waals surface area contributed by atoms with Crippen LogP contribution >= 0.6 is 35.3 Å². The third-order valence-corrected chi connectivity index (χ3v) is 5.95. The van der Waals surface area contributed by atoms with Crippen molar-refractivity contribution >= 4 is 62.7 Å². The molecule has 160 valence electrons. The van der Waals surface area contributed by atoms with Crippen LogP contribution in [0.5, 0.6) is 0 Å². The van der Waals surface area contributed by atoms with Crippen molar-refractivity contribution < 1.29 is 4.79 Å². The monoisotopic (exact) mass is 472 g/mol. The maximum Gasteiger partial charge on any atom is 0.252 e. The highest BCUT2D eigenvalue weighted by Crippen LogP contribution is 2.33. The van der Waals surface area contributed by atoms with Crippen LogP contribution in [0.2, 0.25) is 5.02 Å². The molecule has 4 aromatic rings. The molecule has 2 aromatic carbocycles. The zero-order valence-corrected chi connectivity index (χ0v) is 19.3. The third kappa shape index (κ3) is 5.73. The van der Waals surface area contributed by atoms with Gasteiger partial charge in [0.25, 0.3) is 5.91 Å². The smallest absolute Gasteiger partial charge is 0.252 e. The first-order valence-corrected chi connectivity index (χ1v) is 10.9. The van der Waals surface area contributed by atoms with Gasteiger partial charge in [0, 0.05) is 36.6 Å². The topological polar surface area (TPSA) is 51.0 Å². The zero-order valence-electron chi connectivity index (χ0n) is 16.9. The lowest BCUT2D eigenvalue weighted by molar-refractivity contribution is -0.114. The molecule has 0 atom stereocenters. The molecule has 1 amide bonds. The summed E-state index contributed by atoms with van der Waals surface area (Å²) >= 11 is 7.70. The first-order chi connectivity index (χ1) is 14.6. The van der Waals surface area contributed by atoms with E-state index in [1.165, 1.54) is 11.3 Å². The molecule has 0 radical (unpaired) electrons. The predicted octanol–water partition coefficient (Wildman–Crippen LogP) is 6.01. The number of anilines is 1. The number of benzene rings is 2. The van der Waals surface area contributed by atoms with Gasteiger partial charge in [-0.05, 0) is 42.7 Å². The number of imidazole rings is 1. The molecule has 2 aromatic heterocycles. The minimum atomic E-state index is -0.0905. The van der Waals surface area contributed by atoms with Crippen LogP contribution < -0.4 is 4.90 Å². The lowest BCUT2D eigenvalue weighted by atomic mass is 10.2. The van der Waals surface area contributed by atoms with E-state index >= 15 is 0 Å². The molecule has 4 rings (SSSR count). The van der Waals surface area contributed by atoms with E-state index in [1.54, 1.807) is 23.5 Å². The number of amides is 1. The normalized spacial score (nSPS) is 11.0. The van der Waals surface area contributed by atoms with E-state index < -0.39 is 0 Å². The number of rotatable bonds is 7. The SMILES string of the molecule is Cc1cc(Cl)cc2sc(N(CCCn3ccnc3)C(=O)/C=C/c3ccccc3)nc12.Cl. The summed E-state index contributed by atoms with van der Waals surface area (Å²) in [7, 11) is 0. The highest BCUT2D eigenvalue weighted by atomic mass is 35.5. The number of nitrogens with zero attached hydrogens (tertiary/aromatic N) is 4. The van der Waals surface area contributed by atoms with E-state index in [0.29, 0.717) is 16.7 Å². The van der Waals surface area contributed by atoms with E-state index in [2.05, 4.69) is 4.98 Å². The van der Waals surface area contributed by atoms with Crippen LogP contribution in [0.15, 0.2) is 67.3 Å². The average Bonchev–Trinajstić information content (AvgIpc) is 3.40. The third-order valence-electron chi connectivity index (χ3n) is 4.71. The Bertz CT molecular complexity index is 1170. The van der Waals surface area contributed by atoms with Crippen LogP contribution in [0, 0.1) is 6.92 Å². The van der Waals surface area contributed by atoms with Crippen LogP contribution in [-0.4, -0.2) is 27.0 Å². The van der Waals surface area contributed by atoms with Gasteiger partial charge in [-0.2, -0.15) is 0 Å². The number of carbonyl (C=O) groups is 1. The van der Waals surface area contributed by atoms with E-state index in [0.717, 1.165) is 34.3 Å². The lowest BCUT2D eigenvalue weighted by Crippen LogP contribution is -2.30. The molecule has 0 spiro atoms. The Morgan fingerprint density at radius 3 is 2.81 bits per heavy atom. The largest absolute Gasteiger partial charge is 0.337 e. The Kier molecular flexibility index (Phi) is 7.85. The molecule has 0 aliphatic heterocycles. The molecule has 31 heavy (non-hydrogen) atoms. The van der Waals surface area contributed by atoms with E-state index in [-0.39, 0.29) is 18.3 Å². The highest BCUT2D eigenvalue weighted by Gasteiger charge is 2.18. The van der Waals surface area contributed by atoms with Gasteiger partial charge in [0.05, 0.1) is 16.5 Å². The van der Waals surface area contributed by atoms with Crippen LogP contribution in [0.4, 0.5) is 5.13 Å². The summed E-state index contributed by atoms with van der Waals surface area (Å²) < 4.78 is 2.99. The van der Waals surface area contributed by atoms with Gasteiger partial charge in [-0.25, -0.2) is 9.97 Å². The Balaban J connectivity index is 0.00000272. The van der Waals surface area contributed by atoms with Crippen molar-refractivity contribution in [3.63, 3.8) is 0 Å². The number of halogens is 2. The Morgan fingerprint density at radius 1 is 1.26 bits per heavy atom. The van der Waals surface area contributed by atoms with Crippen molar-refractivity contribution in [1.82, 2.24) is 14.5 Å². The number of thiazole rings is 1. The minimum absolute atomic E-state index is 0. The summed E-state index contributed by atoms with van der Waals surface area (Å²) in [5.41, 5.74) is 2.88. The second kappa shape index (κ2) is 10.6. The summed E-state index contributed by atoms with van der Waals surface area (Å²) in [4.78, 5) is 23.7. The van der Waals surface area contributed by atoms with Gasteiger partial charge < -0.3 is 4.57 Å². The average molecular weight is 473 g/mol. The second-order valence-electron chi connectivity index (χ2n) is 6.95. The zero-order chi connectivity index (χ0) is 20.9. The number of aryl methyl sites for hydroxylation is 2. The van der Waals surface area contributed by atoms with Crippen LogP contribution in [-0.2, 0) is 11.3 Å². The standard InChI is InChI=1S/C23H21ClN4OS.ClH/c1-17-14-19(24)15-20-22(17)26-23(30-20)28(12-5-11-27-13-10-25-16-27)21(29)9-8-18-6-3-2-4-7-18;/h2-4,6-10,13-16H,5,11-12H2,1H3;1H/b9-8+;. The number of aromatic nitrogens is 3. The molecule has 0 saturated heterocycles. The van der Waals surface area contributed by atoms with Gasteiger partial charge in [-0.15, -0.1) is 12.4 Å². The molecular weight excluding hydrogens is 451 g/mol. The van der Waals surface area contributed by atoms with Crippen LogP contribution in [0.3, 0.4) is 0 Å². The number of carbonyl (C=O) groups excluding carboxylic acids is 1. The summed E-state index contributed by atoms with van der Waals surface area (Å²) in [5.74, 6) is -0.0905. The van der Waals surface area contributed by atoms with Gasteiger partial charge in [-0.1, -0.05) is 53.3 Å². The van der Waals surface area contributed by atoms with Crippen molar-refractivity contribution in [2.75, 3.05) is 11.4 Å². The van der Waals surface area contributed by atoms with Crippen LogP contribution in [0.1, 0.15) is 17.5 Å². The molecule has 2 heterocycles. The summed E-state index contributed by atoms with van der Waals surface area (Å²) in [6.45, 7) is 3.32. The van der Waals surface area contributed by atoms with Gasteiger partial charge in [0.2, 0.25) is 0 Å². The minimum Gasteiger partial charge on any atom is -0.337 e. The number of hydrogen-bond acceptors (Lipinski definition) is 4. The van der Waals surface area contributed by atoms with Gasteiger partial charge in [0.15, 0.2) is 5.13 Å². The van der Waals surface area contributed by atoms with Gasteiger partial charge in [0.1, 0.15) is 0 Å². The predicted molar refractivity (Wildman–Crippen MR) is 131 cm³/mol. The summed E-state index contributed by atoms with van der Waals surface area (Å²) in [5, 5.41) is 1.36. The van der Waals surface area contributed by atoms with Gasteiger partial charge in [-0.3, -0.25) is 9.69 Å². The van der Waals surface area contributed by atoms with Crippen molar-refractivity contribution in [2.45, 2.75) is 19.9 Å². The lowest BCUT2D eigenvalue weighted by Gasteiger charge is -2.18. The van der Waals surface area contributed by atoms with Crippen molar-refractivity contribution in [1.29, 1.82) is 0 Å². The van der Waals surface area contributed by atoms with E-state index in [9.17, 15) is 4.79 Å². The van der Waals surface area contributed by atoms with Crippen LogP contribution in [0.25, 0.3) is 16.3 Å². The molecule has 0 saturated carbocycles. The fourth-order valence-electron chi connectivity index (χ4n) is 3.21. The number of fused-ring (bicyclic) bond motifs is 1. The highest BCUT2D eigenvalue weighted by molar-refractivity contribution is 7.22. The maximum atomic E-state index is 13.1. The maximum absolute atomic E-state index is 13.1. The van der Waals surface area contributed by atoms with Crippen molar-refractivity contribution in [3.05, 3.63) is 83.4 Å². The van der Waals surface area contributed by atoms with Gasteiger partial charge >= 0.3 is 0 Å². The molecule has 0 fully saturated rings. The van der Waals surface area contributed by atoms with Crippen molar-refractivity contribution in [2.24, 2.45) is 0 Å². The summed E-state index contributed by atoms with van der Waals surface area (Å²) in [6.07, 6.45) is 9.69. The Hall–Kier alpha value is -2.67. The quantitative estimate of drug-likeness (QED) is 0.309. The Labute approximate surface area is 196 Å². The first-order valence-electron chi connectivity index (χ1n) is 9.67.